The summed E-state index contributed by atoms with van der Waals surface area (Å²) in [5, 5.41) is 0. The average molecular weight is 209 g/mol. The third-order valence-corrected chi connectivity index (χ3v) is 3.41. The molecule has 1 aliphatic rings. The molecule has 0 heterocycles. The Balaban J connectivity index is 0. The second-order valence-electron chi connectivity index (χ2n) is 2.54. The van der Waals surface area contributed by atoms with Crippen molar-refractivity contribution in [2.45, 2.75) is 32.3 Å². The molecule has 0 aliphatic heterocycles. The first-order chi connectivity index (χ1) is 4.80. The topological polar surface area (TPSA) is 0 Å². The molecule has 0 saturated carbocycles. The van der Waals surface area contributed by atoms with Gasteiger partial charge < -0.3 is 0 Å². The van der Waals surface area contributed by atoms with E-state index in [4.69, 9.17) is 0 Å². The van der Waals surface area contributed by atoms with Crippen LogP contribution in [0.5, 0.6) is 0 Å². The quantitative estimate of drug-likeness (QED) is 0.458. The zero-order chi connectivity index (χ0) is 7.98. The van der Waals surface area contributed by atoms with Gasteiger partial charge in [-0.1, -0.05) is 26.0 Å². The minimum Gasteiger partial charge on any atom is -0.106 e. The smallest absolute Gasteiger partial charge is 0 e. The maximum atomic E-state index is 2.38. The van der Waals surface area contributed by atoms with Crippen molar-refractivity contribution >= 4 is 7.92 Å². The van der Waals surface area contributed by atoms with E-state index in [-0.39, 0.29) is 18.6 Å². The number of allylic oxidation sites excluding steroid dienone is 2. The fourth-order valence-corrected chi connectivity index (χ4v) is 2.18. The Labute approximate surface area is 84.5 Å². The van der Waals surface area contributed by atoms with Gasteiger partial charge in [-0.05, 0) is 31.8 Å². The van der Waals surface area contributed by atoms with Gasteiger partial charge in [-0.15, -0.1) is 7.92 Å². The van der Waals surface area contributed by atoms with Crippen molar-refractivity contribution in [1.82, 2.24) is 0 Å². The summed E-state index contributed by atoms with van der Waals surface area (Å²) in [6.45, 7) is 8.71. The van der Waals surface area contributed by atoms with E-state index in [0.29, 0.717) is 7.92 Å². The van der Waals surface area contributed by atoms with Crippen LogP contribution >= 0.6 is 7.92 Å². The number of hydrogen-bond acceptors (Lipinski definition) is 0. The predicted octanol–water partition coefficient (Wildman–Crippen LogP) is 3.47. The minimum absolute atomic E-state index is 0. The van der Waals surface area contributed by atoms with E-state index in [9.17, 15) is 0 Å². The van der Waals surface area contributed by atoms with E-state index in [2.05, 4.69) is 25.5 Å². The van der Waals surface area contributed by atoms with Crippen LogP contribution in [0.2, 0.25) is 0 Å². The molecule has 0 aromatic rings. The van der Waals surface area contributed by atoms with Crippen LogP contribution in [0.4, 0.5) is 0 Å². The fraction of sp³-hybridized carbons (Fsp3) is 0.778. The first kappa shape index (κ1) is 14.3. The summed E-state index contributed by atoms with van der Waals surface area (Å²) in [6, 6.07) is 0. The van der Waals surface area contributed by atoms with Gasteiger partial charge in [0.15, 0.2) is 0 Å². The molecule has 0 amide bonds. The maximum absolute atomic E-state index is 2.38. The van der Waals surface area contributed by atoms with Crippen LogP contribution in [0.3, 0.4) is 0 Å². The van der Waals surface area contributed by atoms with Crippen LogP contribution in [-0.2, 0) is 18.6 Å². The Morgan fingerprint density at radius 2 is 1.82 bits per heavy atom. The van der Waals surface area contributed by atoms with Gasteiger partial charge in [-0.3, -0.25) is 0 Å². The SMILES string of the molecule is CC.CP(C)[C@@H]1C=CCC1.[V]. The van der Waals surface area contributed by atoms with Crippen molar-refractivity contribution in [3.05, 3.63) is 12.2 Å². The predicted molar refractivity (Wildman–Crippen MR) is 52.3 cm³/mol. The maximum Gasteiger partial charge on any atom is 0 e. The third-order valence-electron chi connectivity index (χ3n) is 1.65. The van der Waals surface area contributed by atoms with E-state index in [1.807, 2.05) is 13.8 Å². The summed E-state index contributed by atoms with van der Waals surface area (Å²) in [5.74, 6) is 0. The van der Waals surface area contributed by atoms with Gasteiger partial charge in [0.05, 0.1) is 0 Å². The Bertz CT molecular complexity index is 99.7. The summed E-state index contributed by atoms with van der Waals surface area (Å²) in [7, 11) is 0.312. The molecule has 1 radical (unpaired) electrons. The molecule has 0 aromatic carbocycles. The molecule has 0 aromatic heterocycles. The fourth-order valence-electron chi connectivity index (χ4n) is 1.05. The standard InChI is InChI=1S/C7H13P.C2H6.V/c1-8(2)7-5-3-4-6-7;1-2;/h3,5,7H,4,6H2,1-2H3;1-2H3;/t7-;;/m1../s1. The first-order valence-corrected chi connectivity index (χ1v) is 6.44. The van der Waals surface area contributed by atoms with Crippen molar-refractivity contribution in [2.75, 3.05) is 13.3 Å². The van der Waals surface area contributed by atoms with Gasteiger partial charge in [0.2, 0.25) is 0 Å². The Morgan fingerprint density at radius 3 is 2.00 bits per heavy atom. The molecule has 0 fully saturated rings. The normalized spacial score (nSPS) is 20.6. The van der Waals surface area contributed by atoms with Crippen LogP contribution in [0.25, 0.3) is 0 Å². The summed E-state index contributed by atoms with van der Waals surface area (Å²) >= 11 is 0. The molecule has 1 atom stereocenters. The second kappa shape index (κ2) is 8.85. The van der Waals surface area contributed by atoms with Crippen LogP contribution in [-0.4, -0.2) is 19.0 Å². The molecular weight excluding hydrogens is 190 g/mol. The summed E-state index contributed by atoms with van der Waals surface area (Å²) in [4.78, 5) is 0. The van der Waals surface area contributed by atoms with Crippen LogP contribution < -0.4 is 0 Å². The Morgan fingerprint density at radius 1 is 1.27 bits per heavy atom. The average Bonchev–Trinajstić information content (AvgIpc) is 2.42. The van der Waals surface area contributed by atoms with Gasteiger partial charge >= 0.3 is 0 Å². The minimum atomic E-state index is 0. The molecule has 11 heavy (non-hydrogen) atoms. The first-order valence-electron chi connectivity index (χ1n) is 4.14. The van der Waals surface area contributed by atoms with Crippen molar-refractivity contribution in [3.63, 3.8) is 0 Å². The molecule has 0 nitrogen and oxygen atoms in total. The van der Waals surface area contributed by atoms with Gasteiger partial charge in [-0.25, -0.2) is 0 Å². The van der Waals surface area contributed by atoms with Gasteiger partial charge in [-0.2, -0.15) is 0 Å². The molecular formula is C9H19PV. The van der Waals surface area contributed by atoms with Crippen LogP contribution in [0, 0.1) is 0 Å². The molecule has 0 spiro atoms. The van der Waals surface area contributed by atoms with Crippen LogP contribution in [0.1, 0.15) is 26.7 Å². The largest absolute Gasteiger partial charge is 0.106 e. The summed E-state index contributed by atoms with van der Waals surface area (Å²) in [5.41, 5.74) is 0.949. The zero-order valence-corrected chi connectivity index (χ0v) is 10.3. The molecule has 0 saturated heterocycles. The monoisotopic (exact) mass is 209 g/mol. The molecule has 65 valence electrons. The van der Waals surface area contributed by atoms with E-state index >= 15 is 0 Å². The van der Waals surface area contributed by atoms with Crippen molar-refractivity contribution in [2.24, 2.45) is 0 Å². The molecule has 1 aliphatic carbocycles. The van der Waals surface area contributed by atoms with E-state index in [0.717, 1.165) is 5.66 Å². The summed E-state index contributed by atoms with van der Waals surface area (Å²) < 4.78 is 0. The molecule has 0 N–H and O–H groups in total. The molecule has 1 rings (SSSR count). The van der Waals surface area contributed by atoms with Crippen molar-refractivity contribution in [3.8, 4) is 0 Å². The molecule has 0 unspecified atom stereocenters. The molecule has 2 heteroatoms. The van der Waals surface area contributed by atoms with E-state index < -0.39 is 0 Å². The van der Waals surface area contributed by atoms with Gasteiger partial charge in [0.25, 0.3) is 0 Å². The number of hydrogen-bond donors (Lipinski definition) is 0. The Hall–Kier alpha value is 0.754. The Kier molecular flexibility index (Phi) is 11.5. The van der Waals surface area contributed by atoms with Crippen molar-refractivity contribution in [1.29, 1.82) is 0 Å². The molecule has 0 bridgehead atoms. The second-order valence-corrected chi connectivity index (χ2v) is 5.13. The van der Waals surface area contributed by atoms with Gasteiger partial charge in [0, 0.05) is 18.6 Å². The van der Waals surface area contributed by atoms with Crippen molar-refractivity contribution < 1.29 is 18.6 Å². The van der Waals surface area contributed by atoms with Crippen LogP contribution in [0.15, 0.2) is 12.2 Å². The summed E-state index contributed by atoms with van der Waals surface area (Å²) in [6.07, 6.45) is 7.43. The van der Waals surface area contributed by atoms with E-state index in [1.54, 1.807) is 0 Å². The zero-order valence-electron chi connectivity index (χ0n) is 8.04. The third kappa shape index (κ3) is 5.97. The number of rotatable bonds is 1. The van der Waals surface area contributed by atoms with Gasteiger partial charge in [0.1, 0.15) is 0 Å². The van der Waals surface area contributed by atoms with E-state index in [1.165, 1.54) is 12.8 Å².